The highest BCUT2D eigenvalue weighted by molar-refractivity contribution is 5.37. The van der Waals surface area contributed by atoms with Crippen molar-refractivity contribution in [2.75, 3.05) is 30.0 Å². The van der Waals surface area contributed by atoms with E-state index in [-0.39, 0.29) is 17.8 Å². The number of nitrogen functional groups attached to an aromatic ring is 2. The van der Waals surface area contributed by atoms with Crippen LogP contribution in [0.3, 0.4) is 0 Å². The van der Waals surface area contributed by atoms with Gasteiger partial charge >= 0.3 is 0 Å². The average molecular weight is 314 g/mol. The molecule has 1 atom stereocenters. The van der Waals surface area contributed by atoms with Crippen molar-refractivity contribution in [1.82, 2.24) is 15.0 Å². The summed E-state index contributed by atoms with van der Waals surface area (Å²) in [5.41, 5.74) is 11.0. The van der Waals surface area contributed by atoms with E-state index in [1.807, 2.05) is 0 Å². The Labute approximate surface area is 130 Å². The van der Waals surface area contributed by atoms with E-state index in [2.05, 4.69) is 34.1 Å². The quantitative estimate of drug-likeness (QED) is 0.343. The first-order valence-corrected chi connectivity index (χ1v) is 7.51. The van der Waals surface area contributed by atoms with E-state index in [4.69, 9.17) is 20.9 Å². The van der Waals surface area contributed by atoms with Gasteiger partial charge in [0, 0.05) is 13.2 Å². The zero-order chi connectivity index (χ0) is 16.4. The van der Waals surface area contributed by atoms with E-state index < -0.39 is 12.5 Å². The number of aliphatic hydroxyl groups is 1. The highest BCUT2D eigenvalue weighted by Crippen LogP contribution is 2.10. The molecular weight excluding hydrogens is 288 g/mol. The second kappa shape index (κ2) is 10.1. The number of hydrogen-bond acceptors (Lipinski definition) is 9. The molecule has 0 bridgehead atoms. The molecule has 1 unspecified atom stereocenters. The maximum Gasteiger partial charge on any atom is 0.231 e. The van der Waals surface area contributed by atoms with Crippen LogP contribution in [0.1, 0.15) is 39.5 Å². The van der Waals surface area contributed by atoms with Crippen molar-refractivity contribution in [2.45, 2.75) is 52.0 Å². The van der Waals surface area contributed by atoms with Gasteiger partial charge in [0.25, 0.3) is 0 Å². The van der Waals surface area contributed by atoms with Crippen LogP contribution in [0.4, 0.5) is 17.8 Å². The van der Waals surface area contributed by atoms with Crippen molar-refractivity contribution in [1.29, 1.82) is 0 Å². The van der Waals surface area contributed by atoms with Crippen LogP contribution in [-0.2, 0) is 9.47 Å². The lowest BCUT2D eigenvalue weighted by Gasteiger charge is -2.24. The zero-order valence-electron chi connectivity index (χ0n) is 13.2. The Bertz CT molecular complexity index is 404. The standard InChI is InChI=1S/C13H26N6O3/c1-3-5-7-21-10(22-8-6-4-2)9(20)16-13-18-11(14)17-12(15)19-13/h9-10,20H,3-8H2,1-2H3,(H5,14,15,16,17,18,19). The Morgan fingerprint density at radius 1 is 1.00 bits per heavy atom. The fraction of sp³-hybridized carbons (Fsp3) is 0.769. The van der Waals surface area contributed by atoms with Crippen LogP contribution in [0.2, 0.25) is 0 Å². The molecule has 9 nitrogen and oxygen atoms in total. The zero-order valence-corrected chi connectivity index (χ0v) is 13.2. The summed E-state index contributed by atoms with van der Waals surface area (Å²) < 4.78 is 11.1. The number of unbranched alkanes of at least 4 members (excludes halogenated alkanes) is 2. The smallest absolute Gasteiger partial charge is 0.231 e. The van der Waals surface area contributed by atoms with E-state index in [1.54, 1.807) is 0 Å². The van der Waals surface area contributed by atoms with Crippen LogP contribution in [0.15, 0.2) is 0 Å². The summed E-state index contributed by atoms with van der Waals surface area (Å²) in [6, 6.07) is 0. The molecule has 1 aromatic heterocycles. The molecule has 0 fully saturated rings. The number of nitrogens with zero attached hydrogens (tertiary/aromatic N) is 3. The second-order valence-corrected chi connectivity index (χ2v) is 4.78. The van der Waals surface area contributed by atoms with Gasteiger partial charge in [0.1, 0.15) is 0 Å². The number of aromatic nitrogens is 3. The van der Waals surface area contributed by atoms with Crippen LogP contribution in [0, 0.1) is 0 Å². The third-order valence-corrected chi connectivity index (χ3v) is 2.76. The van der Waals surface area contributed by atoms with Gasteiger partial charge in [0.15, 0.2) is 6.23 Å². The first-order valence-electron chi connectivity index (χ1n) is 7.51. The van der Waals surface area contributed by atoms with Gasteiger partial charge < -0.3 is 31.4 Å². The lowest BCUT2D eigenvalue weighted by Crippen LogP contribution is -2.39. The molecule has 0 saturated carbocycles. The molecule has 6 N–H and O–H groups in total. The van der Waals surface area contributed by atoms with Crippen molar-refractivity contribution in [3.63, 3.8) is 0 Å². The largest absolute Gasteiger partial charge is 0.369 e. The molecule has 0 aliphatic carbocycles. The van der Waals surface area contributed by atoms with Crippen molar-refractivity contribution in [2.24, 2.45) is 0 Å². The highest BCUT2D eigenvalue weighted by Gasteiger charge is 2.21. The molecule has 0 spiro atoms. The van der Waals surface area contributed by atoms with Gasteiger partial charge in [-0.3, -0.25) is 0 Å². The van der Waals surface area contributed by atoms with E-state index in [0.29, 0.717) is 13.2 Å². The number of aliphatic hydroxyl groups excluding tert-OH is 1. The molecule has 1 aromatic rings. The summed E-state index contributed by atoms with van der Waals surface area (Å²) >= 11 is 0. The summed E-state index contributed by atoms with van der Waals surface area (Å²) in [6.45, 7) is 5.10. The normalized spacial score (nSPS) is 12.5. The van der Waals surface area contributed by atoms with Gasteiger partial charge in [-0.1, -0.05) is 26.7 Å². The molecule has 0 radical (unpaired) electrons. The van der Waals surface area contributed by atoms with Crippen LogP contribution >= 0.6 is 0 Å². The summed E-state index contributed by atoms with van der Waals surface area (Å²) in [6.07, 6.45) is 1.78. The summed E-state index contributed by atoms with van der Waals surface area (Å²) in [4.78, 5) is 11.3. The van der Waals surface area contributed by atoms with Crippen molar-refractivity contribution >= 4 is 17.8 Å². The third kappa shape index (κ3) is 6.83. The van der Waals surface area contributed by atoms with Gasteiger partial charge in [0.2, 0.25) is 24.1 Å². The Balaban J connectivity index is 2.61. The van der Waals surface area contributed by atoms with Crippen LogP contribution in [0.5, 0.6) is 0 Å². The van der Waals surface area contributed by atoms with Gasteiger partial charge in [-0.25, -0.2) is 0 Å². The number of nitrogens with one attached hydrogen (secondary N) is 1. The highest BCUT2D eigenvalue weighted by atomic mass is 16.7. The summed E-state index contributed by atoms with van der Waals surface area (Å²) in [5.74, 6) is 0.00999. The predicted octanol–water partition coefficient (Wildman–Crippen LogP) is 0.726. The van der Waals surface area contributed by atoms with Gasteiger partial charge in [0.05, 0.1) is 0 Å². The van der Waals surface area contributed by atoms with Gasteiger partial charge in [-0.2, -0.15) is 15.0 Å². The fourth-order valence-corrected chi connectivity index (χ4v) is 1.59. The van der Waals surface area contributed by atoms with Gasteiger partial charge in [-0.15, -0.1) is 0 Å². The maximum absolute atomic E-state index is 10.2. The second-order valence-electron chi connectivity index (χ2n) is 4.78. The molecule has 1 heterocycles. The molecule has 126 valence electrons. The lowest BCUT2D eigenvalue weighted by atomic mass is 10.3. The molecule has 0 saturated heterocycles. The monoisotopic (exact) mass is 314 g/mol. The van der Waals surface area contributed by atoms with Crippen molar-refractivity contribution in [3.05, 3.63) is 0 Å². The molecule has 1 rings (SSSR count). The SMILES string of the molecule is CCCCOC(OCCCC)C(O)Nc1nc(N)nc(N)n1. The minimum absolute atomic E-state index is 0.0300. The topological polar surface area (TPSA) is 141 Å². The number of ether oxygens (including phenoxy) is 2. The van der Waals surface area contributed by atoms with Crippen molar-refractivity contribution in [3.8, 4) is 0 Å². The van der Waals surface area contributed by atoms with Crippen LogP contribution in [0.25, 0.3) is 0 Å². The average Bonchev–Trinajstić information content (AvgIpc) is 2.44. The van der Waals surface area contributed by atoms with E-state index in [0.717, 1.165) is 25.7 Å². The Hall–Kier alpha value is -1.71. The third-order valence-electron chi connectivity index (χ3n) is 2.76. The first-order chi connectivity index (χ1) is 10.6. The number of anilines is 3. The van der Waals surface area contributed by atoms with Crippen molar-refractivity contribution < 1.29 is 14.6 Å². The lowest BCUT2D eigenvalue weighted by molar-refractivity contribution is -0.188. The molecule has 0 amide bonds. The summed E-state index contributed by atoms with van der Waals surface area (Å²) in [5, 5.41) is 12.9. The Kier molecular flexibility index (Phi) is 8.41. The number of rotatable bonds is 11. The van der Waals surface area contributed by atoms with Crippen LogP contribution in [-0.4, -0.2) is 45.8 Å². The molecule has 22 heavy (non-hydrogen) atoms. The van der Waals surface area contributed by atoms with E-state index in [9.17, 15) is 5.11 Å². The van der Waals surface area contributed by atoms with E-state index in [1.165, 1.54) is 0 Å². The predicted molar refractivity (Wildman–Crippen MR) is 83.8 cm³/mol. The molecule has 0 aliphatic heterocycles. The minimum atomic E-state index is -1.14. The molecular formula is C13H26N6O3. The minimum Gasteiger partial charge on any atom is -0.369 e. The number of nitrogens with two attached hydrogens (primary N) is 2. The van der Waals surface area contributed by atoms with Gasteiger partial charge in [-0.05, 0) is 12.8 Å². The number of hydrogen-bond donors (Lipinski definition) is 4. The Morgan fingerprint density at radius 3 is 1.95 bits per heavy atom. The molecule has 9 heteroatoms. The van der Waals surface area contributed by atoms with Crippen LogP contribution < -0.4 is 16.8 Å². The molecule has 0 aliphatic rings. The summed E-state index contributed by atoms with van der Waals surface area (Å²) in [7, 11) is 0. The molecule has 0 aromatic carbocycles. The maximum atomic E-state index is 10.2. The first kappa shape index (κ1) is 18.3. The van der Waals surface area contributed by atoms with E-state index >= 15 is 0 Å². The Morgan fingerprint density at radius 2 is 1.50 bits per heavy atom. The fourth-order valence-electron chi connectivity index (χ4n) is 1.59.